The predicted molar refractivity (Wildman–Crippen MR) is 127 cm³/mol. The smallest absolute Gasteiger partial charge is 0.310 e. The highest BCUT2D eigenvalue weighted by molar-refractivity contribution is 5.87. The number of methoxy groups -OCH3 is 1. The zero-order chi connectivity index (χ0) is 24.2. The van der Waals surface area contributed by atoms with Gasteiger partial charge in [0.2, 0.25) is 0 Å². The lowest BCUT2D eigenvalue weighted by molar-refractivity contribution is -0.385. The molecule has 176 valence electrons. The molecular formula is C24H30N4O5. The fraction of sp³-hybridized carbons (Fsp3) is 0.417. The molecule has 1 heterocycles. The van der Waals surface area contributed by atoms with Crippen molar-refractivity contribution in [3.63, 3.8) is 0 Å². The van der Waals surface area contributed by atoms with Crippen LogP contribution >= 0.6 is 0 Å². The molecule has 0 aromatic heterocycles. The molecule has 1 N–H and O–H groups in total. The Labute approximate surface area is 193 Å². The molecule has 1 amide bonds. The lowest BCUT2D eigenvalue weighted by Gasteiger charge is -2.47. The van der Waals surface area contributed by atoms with Crippen molar-refractivity contribution in [3.05, 3.63) is 57.6 Å². The lowest BCUT2D eigenvalue weighted by Crippen LogP contribution is -2.48. The summed E-state index contributed by atoms with van der Waals surface area (Å²) in [5, 5.41) is 15.1. The number of nitrogens with zero attached hydrogens (tertiary/aromatic N) is 3. The number of benzene rings is 2. The summed E-state index contributed by atoms with van der Waals surface area (Å²) < 4.78 is 10.9. The van der Waals surface area contributed by atoms with E-state index in [1.807, 2.05) is 6.07 Å². The third-order valence-electron chi connectivity index (χ3n) is 5.87. The number of rotatable bonds is 8. The van der Waals surface area contributed by atoms with Gasteiger partial charge in [-0.3, -0.25) is 14.9 Å². The first-order valence-electron chi connectivity index (χ1n) is 10.9. The van der Waals surface area contributed by atoms with E-state index in [-0.39, 0.29) is 17.0 Å². The second kappa shape index (κ2) is 9.89. The monoisotopic (exact) mass is 454 g/mol. The van der Waals surface area contributed by atoms with Crippen LogP contribution in [0.2, 0.25) is 0 Å². The molecule has 0 fully saturated rings. The molecule has 3 rings (SSSR count). The molecule has 2 aromatic carbocycles. The largest absolute Gasteiger partial charge is 0.496 e. The molecule has 33 heavy (non-hydrogen) atoms. The highest BCUT2D eigenvalue weighted by Crippen LogP contribution is 2.45. The Bertz CT molecular complexity index is 1070. The van der Waals surface area contributed by atoms with Crippen LogP contribution in [-0.4, -0.2) is 42.8 Å². The molecule has 1 aliphatic heterocycles. The van der Waals surface area contributed by atoms with Crippen LogP contribution in [0, 0.1) is 10.1 Å². The number of nitro benzene ring substituents is 1. The van der Waals surface area contributed by atoms with Crippen molar-refractivity contribution < 1.29 is 19.2 Å². The number of amides is 1. The Hall–Kier alpha value is -3.62. The third kappa shape index (κ3) is 5.24. The minimum absolute atomic E-state index is 0.0235. The number of nitro groups is 1. The van der Waals surface area contributed by atoms with Crippen LogP contribution < -0.4 is 19.8 Å². The zero-order valence-electron chi connectivity index (χ0n) is 19.6. The van der Waals surface area contributed by atoms with Crippen LogP contribution in [0.1, 0.15) is 51.2 Å². The maximum atomic E-state index is 12.1. The molecule has 0 bridgehead atoms. The minimum atomic E-state index is -0.560. The Morgan fingerprint density at radius 2 is 2.06 bits per heavy atom. The first-order valence-corrected chi connectivity index (χ1v) is 10.9. The van der Waals surface area contributed by atoms with E-state index in [9.17, 15) is 14.9 Å². The fourth-order valence-corrected chi connectivity index (χ4v) is 4.48. The standard InChI is InChI=1S/C24H30N4O5/c1-6-27-20-12-22(32-5)17(11-18(20)16(2)13-24(27,3)4)14-25-26-23(29)15-33-21-10-8-7-9-19(21)28(30)31/h7-12,14,16H,6,13,15H2,1-5H3,(H,26,29)/b25-14+. The second-order valence-corrected chi connectivity index (χ2v) is 8.62. The van der Waals surface area contributed by atoms with Crippen molar-refractivity contribution in [2.24, 2.45) is 5.10 Å². The van der Waals surface area contributed by atoms with E-state index in [1.165, 1.54) is 30.0 Å². The van der Waals surface area contributed by atoms with Crippen molar-refractivity contribution >= 4 is 23.5 Å². The van der Waals surface area contributed by atoms with Gasteiger partial charge in [0, 0.05) is 35.5 Å². The molecule has 9 nitrogen and oxygen atoms in total. The molecule has 1 aliphatic rings. The first-order chi connectivity index (χ1) is 15.7. The quantitative estimate of drug-likeness (QED) is 0.363. The summed E-state index contributed by atoms with van der Waals surface area (Å²) in [4.78, 5) is 25.0. The van der Waals surface area contributed by atoms with Crippen molar-refractivity contribution in [2.45, 2.75) is 45.6 Å². The number of carbonyl (C=O) groups is 1. The highest BCUT2D eigenvalue weighted by Gasteiger charge is 2.36. The molecule has 0 radical (unpaired) electrons. The molecule has 0 saturated carbocycles. The van der Waals surface area contributed by atoms with E-state index >= 15 is 0 Å². The molecule has 9 heteroatoms. The summed E-state index contributed by atoms with van der Waals surface area (Å²) in [6, 6.07) is 9.96. The third-order valence-corrected chi connectivity index (χ3v) is 5.87. The highest BCUT2D eigenvalue weighted by atomic mass is 16.6. The number of para-hydroxylation sites is 2. The summed E-state index contributed by atoms with van der Waals surface area (Å²) in [5.41, 5.74) is 5.35. The van der Waals surface area contributed by atoms with Crippen LogP contribution in [0.15, 0.2) is 41.5 Å². The average Bonchev–Trinajstić information content (AvgIpc) is 2.77. The van der Waals surface area contributed by atoms with Crippen molar-refractivity contribution in [1.29, 1.82) is 0 Å². The van der Waals surface area contributed by atoms with E-state index in [1.54, 1.807) is 13.2 Å². The van der Waals surface area contributed by atoms with Crippen LogP contribution in [0.5, 0.6) is 11.5 Å². The topological polar surface area (TPSA) is 106 Å². The lowest BCUT2D eigenvalue weighted by atomic mass is 9.79. The summed E-state index contributed by atoms with van der Waals surface area (Å²) in [6.45, 7) is 9.34. The van der Waals surface area contributed by atoms with Crippen LogP contribution in [0.3, 0.4) is 0 Å². The Morgan fingerprint density at radius 3 is 2.73 bits per heavy atom. The van der Waals surface area contributed by atoms with Gasteiger partial charge < -0.3 is 14.4 Å². The molecule has 0 saturated heterocycles. The van der Waals surface area contributed by atoms with Crippen LogP contribution in [0.25, 0.3) is 0 Å². The Kier molecular flexibility index (Phi) is 7.20. The van der Waals surface area contributed by atoms with Gasteiger partial charge >= 0.3 is 5.69 Å². The molecule has 1 unspecified atom stereocenters. The fourth-order valence-electron chi connectivity index (χ4n) is 4.48. The molecular weight excluding hydrogens is 424 g/mol. The number of hydrogen-bond donors (Lipinski definition) is 1. The number of ether oxygens (including phenoxy) is 2. The number of hydrogen-bond acceptors (Lipinski definition) is 7. The van der Waals surface area contributed by atoms with E-state index in [2.05, 4.69) is 49.2 Å². The van der Waals surface area contributed by atoms with E-state index < -0.39 is 17.4 Å². The average molecular weight is 455 g/mol. The van der Waals surface area contributed by atoms with Crippen molar-refractivity contribution in [3.8, 4) is 11.5 Å². The summed E-state index contributed by atoms with van der Waals surface area (Å²) in [6.07, 6.45) is 2.56. The number of anilines is 1. The Balaban J connectivity index is 1.72. The van der Waals surface area contributed by atoms with Gasteiger partial charge in [0.05, 0.1) is 18.2 Å². The second-order valence-electron chi connectivity index (χ2n) is 8.62. The van der Waals surface area contributed by atoms with Gasteiger partial charge in [-0.2, -0.15) is 5.10 Å². The summed E-state index contributed by atoms with van der Waals surface area (Å²) >= 11 is 0. The summed E-state index contributed by atoms with van der Waals surface area (Å²) in [5.74, 6) is 0.510. The number of fused-ring (bicyclic) bond motifs is 1. The maximum Gasteiger partial charge on any atom is 0.310 e. The minimum Gasteiger partial charge on any atom is -0.496 e. The first kappa shape index (κ1) is 24.0. The van der Waals surface area contributed by atoms with Gasteiger partial charge in [-0.15, -0.1) is 0 Å². The van der Waals surface area contributed by atoms with Crippen LogP contribution in [0.4, 0.5) is 11.4 Å². The number of nitrogens with one attached hydrogen (secondary N) is 1. The molecule has 1 atom stereocenters. The Morgan fingerprint density at radius 1 is 1.33 bits per heavy atom. The van der Waals surface area contributed by atoms with Gasteiger partial charge in [-0.1, -0.05) is 19.1 Å². The van der Waals surface area contributed by atoms with E-state index in [4.69, 9.17) is 9.47 Å². The van der Waals surface area contributed by atoms with E-state index in [0.29, 0.717) is 11.7 Å². The van der Waals surface area contributed by atoms with Gasteiger partial charge in [0.15, 0.2) is 12.4 Å². The normalized spacial score (nSPS) is 16.9. The molecule has 2 aromatic rings. The van der Waals surface area contributed by atoms with Crippen LogP contribution in [-0.2, 0) is 4.79 Å². The predicted octanol–water partition coefficient (Wildman–Crippen LogP) is 4.24. The van der Waals surface area contributed by atoms with Crippen molar-refractivity contribution in [1.82, 2.24) is 5.43 Å². The number of hydrazone groups is 1. The van der Waals surface area contributed by atoms with Gasteiger partial charge in [0.1, 0.15) is 5.75 Å². The SMILES string of the molecule is CCN1c2cc(OC)c(/C=N/NC(=O)COc3ccccc3[N+](=O)[O-])cc2C(C)CC1(C)C. The molecule has 0 spiro atoms. The molecule has 0 aliphatic carbocycles. The van der Waals surface area contributed by atoms with E-state index in [0.717, 1.165) is 24.2 Å². The zero-order valence-corrected chi connectivity index (χ0v) is 19.6. The summed E-state index contributed by atoms with van der Waals surface area (Å²) in [7, 11) is 1.60. The van der Waals surface area contributed by atoms with Gasteiger partial charge in [0.25, 0.3) is 5.91 Å². The van der Waals surface area contributed by atoms with Crippen molar-refractivity contribution in [2.75, 3.05) is 25.2 Å². The maximum absolute atomic E-state index is 12.1. The number of carbonyl (C=O) groups excluding carboxylic acids is 1. The van der Waals surface area contributed by atoms with Gasteiger partial charge in [-0.05, 0) is 50.8 Å². The van der Waals surface area contributed by atoms with Gasteiger partial charge in [-0.25, -0.2) is 5.43 Å².